The molecule has 2 aromatic carbocycles. The first-order chi connectivity index (χ1) is 11.7. The predicted octanol–water partition coefficient (Wildman–Crippen LogP) is 3.39. The van der Waals surface area contributed by atoms with Crippen LogP contribution < -0.4 is 10.1 Å². The lowest BCUT2D eigenvalue weighted by Crippen LogP contribution is -2.20. The summed E-state index contributed by atoms with van der Waals surface area (Å²) in [7, 11) is 1.65. The second-order valence-corrected chi connectivity index (χ2v) is 5.82. The summed E-state index contributed by atoms with van der Waals surface area (Å²) >= 11 is 5.98. The number of fused-ring (bicyclic) bond motifs is 1. The summed E-state index contributed by atoms with van der Waals surface area (Å²) < 4.78 is 7.07. The number of methoxy groups -OCH3 is 1. The fourth-order valence-corrected chi connectivity index (χ4v) is 2.84. The SMILES string of the molecule is COc1cccc([C@H]2C=C(c3ccc(Cl)cc3)Nc3nnnn32)c1. The molecule has 2 heterocycles. The van der Waals surface area contributed by atoms with Gasteiger partial charge in [-0.2, -0.15) is 4.68 Å². The van der Waals surface area contributed by atoms with Gasteiger partial charge in [0.15, 0.2) is 0 Å². The highest BCUT2D eigenvalue weighted by atomic mass is 35.5. The van der Waals surface area contributed by atoms with Crippen LogP contribution in [-0.2, 0) is 0 Å². The van der Waals surface area contributed by atoms with Gasteiger partial charge in [0.1, 0.15) is 11.8 Å². The summed E-state index contributed by atoms with van der Waals surface area (Å²) in [6, 6.07) is 15.4. The van der Waals surface area contributed by atoms with Crippen LogP contribution in [0.5, 0.6) is 5.75 Å². The molecule has 1 atom stereocenters. The van der Waals surface area contributed by atoms with E-state index in [0.29, 0.717) is 11.0 Å². The molecule has 0 fully saturated rings. The Morgan fingerprint density at radius 2 is 2.00 bits per heavy atom. The minimum Gasteiger partial charge on any atom is -0.497 e. The van der Waals surface area contributed by atoms with Crippen LogP contribution in [-0.4, -0.2) is 27.3 Å². The molecule has 0 radical (unpaired) electrons. The molecule has 24 heavy (non-hydrogen) atoms. The molecule has 0 bridgehead atoms. The zero-order chi connectivity index (χ0) is 16.5. The lowest BCUT2D eigenvalue weighted by molar-refractivity contribution is 0.413. The molecule has 0 amide bonds. The maximum absolute atomic E-state index is 5.98. The molecule has 4 rings (SSSR count). The number of aromatic nitrogens is 4. The summed E-state index contributed by atoms with van der Waals surface area (Å²) in [5.41, 5.74) is 2.99. The average Bonchev–Trinajstić information content (AvgIpc) is 3.10. The van der Waals surface area contributed by atoms with Gasteiger partial charge in [0.2, 0.25) is 5.95 Å². The normalized spacial score (nSPS) is 16.1. The summed E-state index contributed by atoms with van der Waals surface area (Å²) in [5, 5.41) is 15.9. The minimum atomic E-state index is -0.128. The Labute approximate surface area is 143 Å². The molecule has 0 unspecified atom stereocenters. The Hall–Kier alpha value is -2.86. The zero-order valence-electron chi connectivity index (χ0n) is 12.8. The third kappa shape index (κ3) is 2.61. The van der Waals surface area contributed by atoms with Gasteiger partial charge >= 0.3 is 0 Å². The van der Waals surface area contributed by atoms with Crippen molar-refractivity contribution in [3.8, 4) is 5.75 Å². The Kier molecular flexibility index (Phi) is 3.66. The van der Waals surface area contributed by atoms with E-state index in [1.165, 1.54) is 0 Å². The number of hydrogen-bond donors (Lipinski definition) is 1. The maximum Gasteiger partial charge on any atom is 0.248 e. The molecule has 0 aliphatic carbocycles. The van der Waals surface area contributed by atoms with E-state index < -0.39 is 0 Å². The maximum atomic E-state index is 5.98. The Morgan fingerprint density at radius 3 is 2.79 bits per heavy atom. The molecule has 1 aromatic heterocycles. The number of rotatable bonds is 3. The largest absolute Gasteiger partial charge is 0.497 e. The molecule has 120 valence electrons. The number of nitrogens with one attached hydrogen (secondary N) is 1. The smallest absolute Gasteiger partial charge is 0.248 e. The van der Waals surface area contributed by atoms with Gasteiger partial charge in [0.25, 0.3) is 0 Å². The van der Waals surface area contributed by atoms with Gasteiger partial charge in [-0.1, -0.05) is 41.0 Å². The summed E-state index contributed by atoms with van der Waals surface area (Å²) in [6.45, 7) is 0. The van der Waals surface area contributed by atoms with E-state index in [1.807, 2.05) is 48.5 Å². The van der Waals surface area contributed by atoms with E-state index in [-0.39, 0.29) is 6.04 Å². The topological polar surface area (TPSA) is 64.9 Å². The molecular formula is C17H14ClN5O. The fraction of sp³-hybridized carbons (Fsp3) is 0.118. The summed E-state index contributed by atoms with van der Waals surface area (Å²) in [4.78, 5) is 0. The van der Waals surface area contributed by atoms with Crippen molar-refractivity contribution in [1.29, 1.82) is 0 Å². The fourth-order valence-electron chi connectivity index (χ4n) is 2.71. The van der Waals surface area contributed by atoms with Gasteiger partial charge in [0, 0.05) is 10.7 Å². The Morgan fingerprint density at radius 1 is 1.17 bits per heavy atom. The second-order valence-electron chi connectivity index (χ2n) is 5.38. The molecular weight excluding hydrogens is 326 g/mol. The highest BCUT2D eigenvalue weighted by molar-refractivity contribution is 6.30. The molecule has 3 aromatic rings. The van der Waals surface area contributed by atoms with Crippen molar-refractivity contribution in [3.63, 3.8) is 0 Å². The van der Waals surface area contributed by atoms with E-state index in [4.69, 9.17) is 16.3 Å². The quantitative estimate of drug-likeness (QED) is 0.792. The van der Waals surface area contributed by atoms with Crippen LogP contribution in [0.15, 0.2) is 54.6 Å². The number of hydrogen-bond acceptors (Lipinski definition) is 5. The molecule has 6 nitrogen and oxygen atoms in total. The lowest BCUT2D eigenvalue weighted by atomic mass is 10.0. The highest BCUT2D eigenvalue weighted by Crippen LogP contribution is 2.32. The number of anilines is 1. The van der Waals surface area contributed by atoms with Gasteiger partial charge < -0.3 is 10.1 Å². The Balaban J connectivity index is 1.80. The average molecular weight is 340 g/mol. The third-order valence-electron chi connectivity index (χ3n) is 3.92. The Bertz CT molecular complexity index is 903. The van der Waals surface area contributed by atoms with Crippen LogP contribution >= 0.6 is 11.6 Å². The third-order valence-corrected chi connectivity index (χ3v) is 4.17. The number of benzene rings is 2. The van der Waals surface area contributed by atoms with E-state index in [2.05, 4.69) is 26.9 Å². The first-order valence-electron chi connectivity index (χ1n) is 7.41. The molecule has 1 aliphatic rings. The van der Waals surface area contributed by atoms with E-state index in [0.717, 1.165) is 22.6 Å². The first kappa shape index (κ1) is 14.7. The van der Waals surface area contributed by atoms with Crippen molar-refractivity contribution in [3.05, 3.63) is 70.8 Å². The van der Waals surface area contributed by atoms with Crippen LogP contribution in [0.4, 0.5) is 5.95 Å². The van der Waals surface area contributed by atoms with Crippen molar-refractivity contribution in [2.45, 2.75) is 6.04 Å². The standard InChI is InChI=1S/C17H14ClN5O/c1-24-14-4-2-3-12(9-14)16-10-15(11-5-7-13(18)8-6-11)19-17-20-21-22-23(16)17/h2-10,16H,1H3,(H,19,20,22)/t16-/m1/s1. The number of tetrazole rings is 1. The molecule has 0 spiro atoms. The van der Waals surface area contributed by atoms with Crippen molar-refractivity contribution >= 4 is 23.2 Å². The lowest BCUT2D eigenvalue weighted by Gasteiger charge is -2.23. The number of allylic oxidation sites excluding steroid dienone is 1. The van der Waals surface area contributed by atoms with E-state index in [1.54, 1.807) is 11.8 Å². The first-order valence-corrected chi connectivity index (χ1v) is 7.79. The number of nitrogens with zero attached hydrogens (tertiary/aromatic N) is 4. The van der Waals surface area contributed by atoms with Crippen LogP contribution in [0.1, 0.15) is 17.2 Å². The van der Waals surface area contributed by atoms with Crippen molar-refractivity contribution in [2.75, 3.05) is 12.4 Å². The van der Waals surface area contributed by atoms with Crippen LogP contribution in [0.25, 0.3) is 5.70 Å². The second kappa shape index (κ2) is 5.98. The monoisotopic (exact) mass is 339 g/mol. The molecule has 1 aliphatic heterocycles. The molecule has 0 saturated carbocycles. The molecule has 0 saturated heterocycles. The van der Waals surface area contributed by atoms with E-state index >= 15 is 0 Å². The van der Waals surface area contributed by atoms with Crippen molar-refractivity contribution in [1.82, 2.24) is 20.2 Å². The predicted molar refractivity (Wildman–Crippen MR) is 92.0 cm³/mol. The van der Waals surface area contributed by atoms with Gasteiger partial charge in [-0.25, -0.2) is 0 Å². The van der Waals surface area contributed by atoms with Crippen LogP contribution in [0.2, 0.25) is 5.02 Å². The van der Waals surface area contributed by atoms with Gasteiger partial charge in [-0.3, -0.25) is 0 Å². The number of halogens is 1. The van der Waals surface area contributed by atoms with Crippen molar-refractivity contribution in [2.24, 2.45) is 0 Å². The van der Waals surface area contributed by atoms with Gasteiger partial charge in [-0.15, -0.1) is 0 Å². The van der Waals surface area contributed by atoms with Crippen molar-refractivity contribution < 1.29 is 4.74 Å². The number of ether oxygens (including phenoxy) is 1. The summed E-state index contributed by atoms with van der Waals surface area (Å²) in [5.74, 6) is 1.39. The van der Waals surface area contributed by atoms with Crippen LogP contribution in [0, 0.1) is 0 Å². The highest BCUT2D eigenvalue weighted by Gasteiger charge is 2.24. The molecule has 7 heteroatoms. The van der Waals surface area contributed by atoms with Crippen LogP contribution in [0.3, 0.4) is 0 Å². The minimum absolute atomic E-state index is 0.128. The van der Waals surface area contributed by atoms with E-state index in [9.17, 15) is 0 Å². The summed E-state index contributed by atoms with van der Waals surface area (Å²) in [6.07, 6.45) is 2.08. The van der Waals surface area contributed by atoms with Gasteiger partial charge in [0.05, 0.1) is 7.11 Å². The zero-order valence-corrected chi connectivity index (χ0v) is 13.6. The van der Waals surface area contributed by atoms with Gasteiger partial charge in [-0.05, 0) is 51.9 Å². The molecule has 1 N–H and O–H groups in total.